The fourth-order valence-corrected chi connectivity index (χ4v) is 6.03. The molecular weight excluding hydrogens is 671 g/mol. The van der Waals surface area contributed by atoms with Crippen molar-refractivity contribution in [3.8, 4) is 17.0 Å². The molecule has 0 spiro atoms. The van der Waals surface area contributed by atoms with Crippen LogP contribution in [0.15, 0.2) is 72.8 Å². The lowest BCUT2D eigenvalue weighted by Crippen LogP contribution is -2.38. The number of amides is 3. The summed E-state index contributed by atoms with van der Waals surface area (Å²) in [5, 5.41) is 21.9. The molecule has 1 aliphatic heterocycles. The van der Waals surface area contributed by atoms with E-state index in [1.807, 2.05) is 62.4 Å². The van der Waals surface area contributed by atoms with Crippen molar-refractivity contribution in [2.75, 3.05) is 13.2 Å². The van der Waals surface area contributed by atoms with Crippen LogP contribution in [0.2, 0.25) is 5.02 Å². The van der Waals surface area contributed by atoms with Crippen molar-refractivity contribution in [1.82, 2.24) is 20.2 Å². The van der Waals surface area contributed by atoms with Crippen molar-refractivity contribution >= 4 is 46.1 Å². The Morgan fingerprint density at radius 3 is 2.48 bits per heavy atom. The quantitative estimate of drug-likeness (QED) is 0.128. The molecule has 42 heavy (non-hydrogen) atoms. The first kappa shape index (κ1) is 30.0. The summed E-state index contributed by atoms with van der Waals surface area (Å²) in [6.45, 7) is 3.36. The molecule has 1 fully saturated rings. The lowest BCUT2D eigenvalue weighted by Gasteiger charge is -2.29. The first-order valence-corrected chi connectivity index (χ1v) is 14.9. The van der Waals surface area contributed by atoms with E-state index in [1.54, 1.807) is 24.3 Å². The van der Waals surface area contributed by atoms with Gasteiger partial charge in [-0.25, -0.2) is 9.78 Å². The molecule has 11 heteroatoms. The Morgan fingerprint density at radius 1 is 1.10 bits per heavy atom. The number of aryl methyl sites for hydroxylation is 1. The van der Waals surface area contributed by atoms with Gasteiger partial charge in [-0.1, -0.05) is 67.1 Å². The van der Waals surface area contributed by atoms with Crippen LogP contribution < -0.4 is 10.1 Å². The largest absolute Gasteiger partial charge is 0.491 e. The third kappa shape index (κ3) is 6.17. The fraction of sp³-hybridized carbons (Fsp3) is 0.258. The number of carbonyl (C=O) groups excluding carboxylic acids is 2. The van der Waals surface area contributed by atoms with Gasteiger partial charge in [0.1, 0.15) is 36.4 Å². The van der Waals surface area contributed by atoms with Gasteiger partial charge in [-0.2, -0.15) is 0 Å². The number of hydrogen-bond donors (Lipinski definition) is 4. The number of halogens is 2. The van der Waals surface area contributed by atoms with Crippen molar-refractivity contribution < 1.29 is 24.5 Å². The number of nitrogens with zero attached hydrogens (tertiary/aromatic N) is 2. The molecule has 9 nitrogen and oxygen atoms in total. The van der Waals surface area contributed by atoms with E-state index in [-0.39, 0.29) is 12.5 Å². The molecule has 4 atom stereocenters. The first-order valence-electron chi connectivity index (χ1n) is 13.4. The zero-order valence-corrected chi connectivity index (χ0v) is 25.8. The molecule has 3 amide bonds. The van der Waals surface area contributed by atoms with Crippen LogP contribution in [-0.2, 0) is 4.79 Å². The number of aromatic nitrogens is 2. The van der Waals surface area contributed by atoms with E-state index in [0.29, 0.717) is 27.9 Å². The normalized spacial score (nSPS) is 17.2. The third-order valence-electron chi connectivity index (χ3n) is 7.30. The highest BCUT2D eigenvalue weighted by atomic mass is 127. The van der Waals surface area contributed by atoms with Gasteiger partial charge in [0.15, 0.2) is 0 Å². The number of H-pyrrole nitrogens is 1. The maximum atomic E-state index is 13.9. The number of carbonyl (C=O) groups is 2. The van der Waals surface area contributed by atoms with Crippen LogP contribution in [-0.4, -0.2) is 56.3 Å². The van der Waals surface area contributed by atoms with Gasteiger partial charge in [0.05, 0.1) is 23.0 Å². The molecule has 3 aromatic carbocycles. The number of rotatable bonds is 10. The predicted octanol–water partition coefficient (Wildman–Crippen LogP) is 5.51. The number of aromatic amines is 1. The van der Waals surface area contributed by atoms with E-state index >= 15 is 0 Å². The average Bonchev–Trinajstić information content (AvgIpc) is 3.51. The zero-order chi connectivity index (χ0) is 30.0. The van der Waals surface area contributed by atoms with Gasteiger partial charge in [0.2, 0.25) is 0 Å². The highest BCUT2D eigenvalue weighted by Crippen LogP contribution is 2.40. The summed E-state index contributed by atoms with van der Waals surface area (Å²) >= 11 is 8.79. The van der Waals surface area contributed by atoms with Gasteiger partial charge in [-0.15, -0.1) is 0 Å². The van der Waals surface area contributed by atoms with Crippen molar-refractivity contribution in [3.63, 3.8) is 0 Å². The van der Waals surface area contributed by atoms with E-state index in [4.69, 9.17) is 26.4 Å². The van der Waals surface area contributed by atoms with Gasteiger partial charge >= 0.3 is 6.03 Å². The highest BCUT2D eigenvalue weighted by molar-refractivity contribution is 14.1. The molecule has 1 aromatic heterocycles. The number of nitrogens with one attached hydrogen (secondary N) is 2. The van der Waals surface area contributed by atoms with Crippen molar-refractivity contribution in [3.05, 3.63) is 104 Å². The summed E-state index contributed by atoms with van der Waals surface area (Å²) in [7, 11) is 0. The number of imidazole rings is 1. The number of imide groups is 1. The summed E-state index contributed by atoms with van der Waals surface area (Å²) in [5.41, 5.74) is 3.73. The Kier molecular flexibility index (Phi) is 9.16. The van der Waals surface area contributed by atoms with Crippen LogP contribution >= 0.6 is 34.2 Å². The van der Waals surface area contributed by atoms with E-state index < -0.39 is 36.7 Å². The van der Waals surface area contributed by atoms with E-state index in [9.17, 15) is 14.7 Å². The minimum Gasteiger partial charge on any atom is -0.491 e. The summed E-state index contributed by atoms with van der Waals surface area (Å²) in [5.74, 6) is 0.242. The van der Waals surface area contributed by atoms with Gasteiger partial charge in [0.25, 0.3) is 5.91 Å². The maximum Gasteiger partial charge on any atom is 0.325 e. The van der Waals surface area contributed by atoms with Crippen molar-refractivity contribution in [2.45, 2.75) is 38.0 Å². The predicted molar refractivity (Wildman–Crippen MR) is 167 cm³/mol. The topological polar surface area (TPSA) is 128 Å². The molecular formula is C31H30ClIN4O5. The van der Waals surface area contributed by atoms with Crippen LogP contribution in [0.4, 0.5) is 4.79 Å². The molecule has 2 heterocycles. The Bertz CT molecular complexity index is 1580. The number of aliphatic hydroxyl groups excluding tert-OH is 2. The third-order valence-corrected chi connectivity index (χ3v) is 8.28. The lowest BCUT2D eigenvalue weighted by atomic mass is 9.91. The summed E-state index contributed by atoms with van der Waals surface area (Å²) in [6, 6.07) is 20.0. The van der Waals surface area contributed by atoms with Gasteiger partial charge in [0, 0.05) is 15.1 Å². The van der Waals surface area contributed by atoms with Crippen LogP contribution in [0.25, 0.3) is 11.3 Å². The molecule has 0 radical (unpaired) electrons. The minimum absolute atomic E-state index is 0.0697. The molecule has 1 aliphatic rings. The molecule has 4 aromatic rings. The molecule has 1 saturated heterocycles. The monoisotopic (exact) mass is 700 g/mol. The van der Waals surface area contributed by atoms with Crippen LogP contribution in [0.5, 0.6) is 5.75 Å². The van der Waals surface area contributed by atoms with Gasteiger partial charge in [-0.05, 0) is 64.9 Å². The standard InChI is InChI=1S/C31H30ClIN4O5/c1-17(19-6-4-3-5-7-19)28(29-34-18(2)26(35-29)24-13-10-21(33)14-25(24)32)37-30(40)27(36-31(37)41)20-8-11-23(12-9-20)42-16-22(39)15-38/h3-14,17,22,27-28,38-39H,15-16H2,1-2H3,(H,34,35)(H,36,41)/t17-,22?,27?,28-/m0/s1. The van der Waals surface area contributed by atoms with Crippen LogP contribution in [0.3, 0.4) is 0 Å². The highest BCUT2D eigenvalue weighted by Gasteiger charge is 2.46. The molecule has 4 N–H and O–H groups in total. The summed E-state index contributed by atoms with van der Waals surface area (Å²) in [6.07, 6.45) is -0.995. The number of benzene rings is 3. The molecule has 218 valence electrons. The summed E-state index contributed by atoms with van der Waals surface area (Å²) in [4.78, 5) is 36.9. The molecule has 2 unspecified atom stereocenters. The molecule has 0 saturated carbocycles. The Balaban J connectivity index is 1.49. The first-order chi connectivity index (χ1) is 20.2. The van der Waals surface area contributed by atoms with E-state index in [1.165, 1.54) is 4.90 Å². The molecule has 0 aliphatic carbocycles. The molecule has 0 bridgehead atoms. The van der Waals surface area contributed by atoms with Crippen molar-refractivity contribution in [2.24, 2.45) is 0 Å². The number of aliphatic hydroxyl groups is 2. The van der Waals surface area contributed by atoms with Crippen LogP contribution in [0.1, 0.15) is 47.6 Å². The fourth-order valence-electron chi connectivity index (χ4n) is 5.08. The number of urea groups is 1. The Morgan fingerprint density at radius 2 is 1.81 bits per heavy atom. The second-order valence-electron chi connectivity index (χ2n) is 10.2. The smallest absolute Gasteiger partial charge is 0.325 e. The molecule has 5 rings (SSSR count). The van der Waals surface area contributed by atoms with Gasteiger partial charge in [-0.3, -0.25) is 9.69 Å². The minimum atomic E-state index is -0.995. The summed E-state index contributed by atoms with van der Waals surface area (Å²) < 4.78 is 6.47. The average molecular weight is 701 g/mol. The second-order valence-corrected chi connectivity index (χ2v) is 11.8. The van der Waals surface area contributed by atoms with E-state index in [2.05, 4.69) is 32.9 Å². The second kappa shape index (κ2) is 12.8. The van der Waals surface area contributed by atoms with Crippen molar-refractivity contribution in [1.29, 1.82) is 0 Å². The Labute approximate surface area is 262 Å². The zero-order valence-electron chi connectivity index (χ0n) is 22.9. The maximum absolute atomic E-state index is 13.9. The Hall–Kier alpha value is -3.45. The number of ether oxygens (including phenoxy) is 1. The number of hydrogen-bond acceptors (Lipinski definition) is 6. The lowest BCUT2D eigenvalue weighted by molar-refractivity contribution is -0.129. The van der Waals surface area contributed by atoms with Crippen LogP contribution in [0, 0.1) is 10.5 Å². The SMILES string of the molecule is Cc1nc([C@H]([C@@H](C)c2ccccc2)N2C(=O)NC(c3ccc(OCC(O)CO)cc3)C2=O)[nH]c1-c1ccc(I)cc1Cl. The van der Waals surface area contributed by atoms with E-state index in [0.717, 1.165) is 20.4 Å². The van der Waals surface area contributed by atoms with Gasteiger partial charge < -0.3 is 25.3 Å².